The summed E-state index contributed by atoms with van der Waals surface area (Å²) in [6, 6.07) is -0.544. The van der Waals surface area contributed by atoms with Gasteiger partial charge in [-0.25, -0.2) is 0 Å². The van der Waals surface area contributed by atoms with Gasteiger partial charge in [0.15, 0.2) is 0 Å². The first-order valence-electron chi connectivity index (χ1n) is 6.62. The van der Waals surface area contributed by atoms with Gasteiger partial charge in [-0.3, -0.25) is 4.79 Å². The predicted molar refractivity (Wildman–Crippen MR) is 66.6 cm³/mol. The maximum absolute atomic E-state index is 11.7. The number of esters is 1. The lowest BCUT2D eigenvalue weighted by Crippen LogP contribution is -2.37. The molecule has 1 saturated carbocycles. The average Bonchev–Trinajstić information content (AvgIpc) is 2.36. The highest BCUT2D eigenvalue weighted by atomic mass is 16.5. The Labute approximate surface area is 104 Å². The lowest BCUT2D eigenvalue weighted by atomic mass is 9.85. The minimum absolute atomic E-state index is 0.0785. The van der Waals surface area contributed by atoms with Gasteiger partial charge in [0, 0.05) is 13.7 Å². The van der Waals surface area contributed by atoms with E-state index in [1.54, 1.807) is 7.11 Å². The SMILES string of the molecule is CCC1CCCC(OC(=O)C(N)CCOC)C1. The Bertz CT molecular complexity index is 233. The van der Waals surface area contributed by atoms with Crippen molar-refractivity contribution in [2.24, 2.45) is 11.7 Å². The number of nitrogens with two attached hydrogens (primary N) is 1. The van der Waals surface area contributed by atoms with Crippen LogP contribution in [0.1, 0.15) is 45.4 Å². The zero-order chi connectivity index (χ0) is 12.7. The molecule has 0 bridgehead atoms. The first-order valence-corrected chi connectivity index (χ1v) is 6.62. The zero-order valence-electron chi connectivity index (χ0n) is 11.0. The van der Waals surface area contributed by atoms with Crippen LogP contribution in [-0.2, 0) is 14.3 Å². The minimum Gasteiger partial charge on any atom is -0.461 e. The molecule has 2 N–H and O–H groups in total. The number of hydrogen-bond acceptors (Lipinski definition) is 4. The van der Waals surface area contributed by atoms with E-state index in [1.165, 1.54) is 12.8 Å². The smallest absolute Gasteiger partial charge is 0.323 e. The number of carbonyl (C=O) groups is 1. The van der Waals surface area contributed by atoms with Gasteiger partial charge in [0.2, 0.25) is 0 Å². The molecule has 0 aliphatic heterocycles. The summed E-state index contributed by atoms with van der Waals surface area (Å²) in [6.07, 6.45) is 6.18. The average molecular weight is 243 g/mol. The van der Waals surface area contributed by atoms with E-state index in [-0.39, 0.29) is 12.1 Å². The van der Waals surface area contributed by atoms with E-state index < -0.39 is 6.04 Å². The quantitative estimate of drug-likeness (QED) is 0.723. The molecule has 0 amide bonds. The van der Waals surface area contributed by atoms with Crippen molar-refractivity contribution in [2.75, 3.05) is 13.7 Å². The van der Waals surface area contributed by atoms with E-state index in [1.807, 2.05) is 0 Å². The molecular weight excluding hydrogens is 218 g/mol. The van der Waals surface area contributed by atoms with E-state index >= 15 is 0 Å². The largest absolute Gasteiger partial charge is 0.461 e. The normalized spacial score (nSPS) is 26.5. The van der Waals surface area contributed by atoms with Crippen molar-refractivity contribution in [1.29, 1.82) is 0 Å². The molecule has 100 valence electrons. The van der Waals surface area contributed by atoms with Gasteiger partial charge in [-0.2, -0.15) is 0 Å². The number of hydrogen-bond donors (Lipinski definition) is 1. The van der Waals surface area contributed by atoms with Gasteiger partial charge < -0.3 is 15.2 Å². The molecule has 4 nitrogen and oxygen atoms in total. The summed E-state index contributed by atoms with van der Waals surface area (Å²) < 4.78 is 10.4. The maximum atomic E-state index is 11.7. The second-order valence-corrected chi connectivity index (χ2v) is 4.89. The number of ether oxygens (including phenoxy) is 2. The highest BCUT2D eigenvalue weighted by molar-refractivity contribution is 5.75. The van der Waals surface area contributed by atoms with Gasteiger partial charge in [0.05, 0.1) is 0 Å². The van der Waals surface area contributed by atoms with Crippen LogP contribution in [0.2, 0.25) is 0 Å². The summed E-state index contributed by atoms with van der Waals surface area (Å²) in [5, 5.41) is 0. The number of rotatable bonds is 6. The molecule has 1 aliphatic rings. The maximum Gasteiger partial charge on any atom is 0.323 e. The van der Waals surface area contributed by atoms with Crippen LogP contribution >= 0.6 is 0 Å². The van der Waals surface area contributed by atoms with Gasteiger partial charge in [0.25, 0.3) is 0 Å². The standard InChI is InChI=1S/C13H25NO3/c1-3-10-5-4-6-11(9-10)17-13(15)12(14)7-8-16-2/h10-12H,3-9,14H2,1-2H3. The molecule has 1 fully saturated rings. The van der Waals surface area contributed by atoms with Crippen LogP contribution in [0.5, 0.6) is 0 Å². The summed E-state index contributed by atoms with van der Waals surface area (Å²) in [6.45, 7) is 2.69. The van der Waals surface area contributed by atoms with E-state index in [9.17, 15) is 4.79 Å². The van der Waals surface area contributed by atoms with E-state index in [2.05, 4.69) is 6.92 Å². The molecule has 17 heavy (non-hydrogen) atoms. The molecule has 1 aliphatic carbocycles. The molecule has 0 spiro atoms. The van der Waals surface area contributed by atoms with Crippen LogP contribution in [-0.4, -0.2) is 31.8 Å². The third kappa shape index (κ3) is 5.04. The highest BCUT2D eigenvalue weighted by Crippen LogP contribution is 2.28. The lowest BCUT2D eigenvalue weighted by Gasteiger charge is -2.28. The monoisotopic (exact) mass is 243 g/mol. The Morgan fingerprint density at radius 1 is 1.47 bits per heavy atom. The fourth-order valence-electron chi connectivity index (χ4n) is 2.33. The highest BCUT2D eigenvalue weighted by Gasteiger charge is 2.25. The van der Waals surface area contributed by atoms with E-state index in [4.69, 9.17) is 15.2 Å². The molecule has 0 radical (unpaired) electrons. The van der Waals surface area contributed by atoms with Gasteiger partial charge in [-0.15, -0.1) is 0 Å². The summed E-state index contributed by atoms with van der Waals surface area (Å²) in [5.74, 6) is 0.431. The van der Waals surface area contributed by atoms with Crippen molar-refractivity contribution in [3.63, 3.8) is 0 Å². The minimum atomic E-state index is -0.544. The molecule has 4 heteroatoms. The van der Waals surface area contributed by atoms with Crippen molar-refractivity contribution in [2.45, 2.75) is 57.6 Å². The van der Waals surface area contributed by atoms with Gasteiger partial charge in [0.1, 0.15) is 12.1 Å². The van der Waals surface area contributed by atoms with Crippen molar-refractivity contribution >= 4 is 5.97 Å². The van der Waals surface area contributed by atoms with Crippen molar-refractivity contribution in [3.05, 3.63) is 0 Å². The van der Waals surface area contributed by atoms with Crippen LogP contribution < -0.4 is 5.73 Å². The van der Waals surface area contributed by atoms with Crippen LogP contribution in [0.3, 0.4) is 0 Å². The van der Waals surface area contributed by atoms with Crippen LogP contribution in [0.25, 0.3) is 0 Å². The van der Waals surface area contributed by atoms with Crippen molar-refractivity contribution in [1.82, 2.24) is 0 Å². The Kier molecular flexibility index (Phi) is 6.52. The van der Waals surface area contributed by atoms with E-state index in [0.717, 1.165) is 19.3 Å². The molecule has 0 saturated heterocycles. The molecule has 0 heterocycles. The fourth-order valence-corrected chi connectivity index (χ4v) is 2.33. The van der Waals surface area contributed by atoms with Gasteiger partial charge >= 0.3 is 5.97 Å². The summed E-state index contributed by atoms with van der Waals surface area (Å²) in [5.41, 5.74) is 5.73. The summed E-state index contributed by atoms with van der Waals surface area (Å²) >= 11 is 0. The molecule has 0 aromatic heterocycles. The van der Waals surface area contributed by atoms with Crippen LogP contribution in [0.15, 0.2) is 0 Å². The zero-order valence-corrected chi connectivity index (χ0v) is 11.0. The predicted octanol–water partition coefficient (Wildman–Crippen LogP) is 1.86. The van der Waals surface area contributed by atoms with Crippen molar-refractivity contribution < 1.29 is 14.3 Å². The van der Waals surface area contributed by atoms with Gasteiger partial charge in [-0.1, -0.05) is 19.8 Å². The Morgan fingerprint density at radius 2 is 2.24 bits per heavy atom. The van der Waals surface area contributed by atoms with Crippen LogP contribution in [0.4, 0.5) is 0 Å². The second-order valence-electron chi connectivity index (χ2n) is 4.89. The Balaban J connectivity index is 2.29. The molecular formula is C13H25NO3. The first kappa shape index (κ1) is 14.5. The summed E-state index contributed by atoms with van der Waals surface area (Å²) in [7, 11) is 1.60. The molecule has 1 rings (SSSR count). The molecule has 0 aromatic rings. The Hall–Kier alpha value is -0.610. The topological polar surface area (TPSA) is 61.5 Å². The third-order valence-electron chi connectivity index (χ3n) is 3.53. The molecule has 0 aromatic carbocycles. The first-order chi connectivity index (χ1) is 8.17. The lowest BCUT2D eigenvalue weighted by molar-refractivity contribution is -0.153. The van der Waals surface area contributed by atoms with Crippen LogP contribution in [0, 0.1) is 5.92 Å². The van der Waals surface area contributed by atoms with Gasteiger partial charge in [-0.05, 0) is 31.6 Å². The molecule has 3 atom stereocenters. The van der Waals surface area contributed by atoms with E-state index in [0.29, 0.717) is 18.9 Å². The number of methoxy groups -OCH3 is 1. The number of carbonyl (C=O) groups excluding carboxylic acids is 1. The molecule has 3 unspecified atom stereocenters. The third-order valence-corrected chi connectivity index (χ3v) is 3.53. The fraction of sp³-hybridized carbons (Fsp3) is 0.923. The summed E-state index contributed by atoms with van der Waals surface area (Å²) in [4.78, 5) is 11.7. The second kappa shape index (κ2) is 7.67. The Morgan fingerprint density at radius 3 is 2.88 bits per heavy atom. The van der Waals surface area contributed by atoms with Crippen molar-refractivity contribution in [3.8, 4) is 0 Å².